The van der Waals surface area contributed by atoms with Crippen molar-refractivity contribution >= 4 is 17.7 Å². The Bertz CT molecular complexity index is 400. The molecule has 5 nitrogen and oxygen atoms in total. The minimum Gasteiger partial charge on any atom is -0.465 e. The molecule has 1 N–H and O–H groups in total. The third-order valence-electron chi connectivity index (χ3n) is 1.92. The Balaban J connectivity index is 2.96. The number of ether oxygens (including phenoxy) is 1. The van der Waals surface area contributed by atoms with E-state index in [0.29, 0.717) is 0 Å². The Morgan fingerprint density at radius 1 is 1.47 bits per heavy atom. The predicted molar refractivity (Wildman–Crippen MR) is 47.4 cm³/mol. The maximum atomic E-state index is 12.2. The summed E-state index contributed by atoms with van der Waals surface area (Å²) >= 11 is 0. The summed E-state index contributed by atoms with van der Waals surface area (Å²) in [7, 11) is 0. The first-order chi connectivity index (χ1) is 7.77. The van der Waals surface area contributed by atoms with Gasteiger partial charge in [0, 0.05) is 6.08 Å². The minimum atomic E-state index is -4.84. The standard InChI is InChI=1S/C9H8F3NO4/c1-2-17-8(16)6-4(14)3-5(9(10,11)12)13-7(6)15/h3,6H,2H2,1H3,(H,13,15)/t6-/m1/s1. The monoisotopic (exact) mass is 251 g/mol. The molecule has 94 valence electrons. The van der Waals surface area contributed by atoms with Crippen LogP contribution in [0.5, 0.6) is 0 Å². The zero-order valence-electron chi connectivity index (χ0n) is 8.63. The molecule has 1 amide bonds. The maximum absolute atomic E-state index is 12.2. The zero-order valence-corrected chi connectivity index (χ0v) is 8.63. The number of alkyl halides is 3. The van der Waals surface area contributed by atoms with Gasteiger partial charge in [-0.15, -0.1) is 0 Å². The molecule has 0 bridgehead atoms. The first kappa shape index (κ1) is 13.2. The van der Waals surface area contributed by atoms with Crippen molar-refractivity contribution in [3.05, 3.63) is 11.8 Å². The number of halogens is 3. The van der Waals surface area contributed by atoms with Crippen LogP contribution in [0, 0.1) is 5.92 Å². The van der Waals surface area contributed by atoms with Crippen LogP contribution in [0.3, 0.4) is 0 Å². The first-order valence-corrected chi connectivity index (χ1v) is 4.57. The number of carbonyl (C=O) groups is 3. The van der Waals surface area contributed by atoms with Gasteiger partial charge in [-0.25, -0.2) is 0 Å². The molecule has 0 saturated heterocycles. The molecule has 1 heterocycles. The molecule has 0 unspecified atom stereocenters. The molecular weight excluding hydrogens is 243 g/mol. The van der Waals surface area contributed by atoms with E-state index in [1.807, 2.05) is 0 Å². The summed E-state index contributed by atoms with van der Waals surface area (Å²) in [6, 6.07) is 0. The van der Waals surface area contributed by atoms with Gasteiger partial charge in [-0.2, -0.15) is 13.2 Å². The molecule has 17 heavy (non-hydrogen) atoms. The highest BCUT2D eigenvalue weighted by Crippen LogP contribution is 2.26. The largest absolute Gasteiger partial charge is 0.465 e. The summed E-state index contributed by atoms with van der Waals surface area (Å²) in [5.41, 5.74) is -1.48. The fourth-order valence-electron chi connectivity index (χ4n) is 1.20. The summed E-state index contributed by atoms with van der Waals surface area (Å²) in [6.07, 6.45) is -4.66. The van der Waals surface area contributed by atoms with Gasteiger partial charge in [0.1, 0.15) is 5.70 Å². The predicted octanol–water partition coefficient (Wildman–Crippen LogP) is 0.311. The number of rotatable bonds is 2. The average Bonchev–Trinajstić information content (AvgIpc) is 2.15. The molecule has 0 aliphatic carbocycles. The Labute approximate surface area is 93.6 Å². The van der Waals surface area contributed by atoms with Crippen LogP contribution in [-0.4, -0.2) is 30.4 Å². The van der Waals surface area contributed by atoms with E-state index in [4.69, 9.17) is 0 Å². The van der Waals surface area contributed by atoms with Crippen molar-refractivity contribution in [2.24, 2.45) is 5.92 Å². The highest BCUT2D eigenvalue weighted by molar-refractivity contribution is 6.22. The lowest BCUT2D eigenvalue weighted by Crippen LogP contribution is -2.47. The van der Waals surface area contributed by atoms with E-state index < -0.39 is 35.5 Å². The van der Waals surface area contributed by atoms with E-state index in [0.717, 1.165) is 0 Å². The number of esters is 1. The molecule has 0 saturated carbocycles. The van der Waals surface area contributed by atoms with Gasteiger partial charge >= 0.3 is 12.1 Å². The summed E-state index contributed by atoms with van der Waals surface area (Å²) < 4.78 is 41.1. The van der Waals surface area contributed by atoms with Crippen LogP contribution in [-0.2, 0) is 19.1 Å². The van der Waals surface area contributed by atoms with Crippen LogP contribution < -0.4 is 5.32 Å². The average molecular weight is 251 g/mol. The second-order valence-corrected chi connectivity index (χ2v) is 3.13. The summed E-state index contributed by atoms with van der Waals surface area (Å²) in [4.78, 5) is 33.6. The molecular formula is C9H8F3NO4. The number of nitrogens with one attached hydrogen (secondary N) is 1. The number of hydrogen-bond donors (Lipinski definition) is 1. The molecule has 0 aromatic rings. The van der Waals surface area contributed by atoms with Crippen molar-refractivity contribution < 1.29 is 32.3 Å². The SMILES string of the molecule is CCOC(=O)[C@@H]1C(=O)C=C(C(F)(F)F)NC1=O. The highest BCUT2D eigenvalue weighted by atomic mass is 19.4. The van der Waals surface area contributed by atoms with Crippen LogP contribution in [0.1, 0.15) is 6.92 Å². The van der Waals surface area contributed by atoms with E-state index in [-0.39, 0.29) is 12.7 Å². The van der Waals surface area contributed by atoms with Crippen LogP contribution in [0.2, 0.25) is 0 Å². The Hall–Kier alpha value is -1.86. The number of amides is 1. The van der Waals surface area contributed by atoms with Gasteiger partial charge < -0.3 is 10.1 Å². The number of ketones is 1. The third-order valence-corrected chi connectivity index (χ3v) is 1.92. The normalized spacial score (nSPS) is 20.7. The van der Waals surface area contributed by atoms with Crippen molar-refractivity contribution in [3.8, 4) is 0 Å². The summed E-state index contributed by atoms with van der Waals surface area (Å²) in [5.74, 6) is -5.59. The fraction of sp³-hybridized carbons (Fsp3) is 0.444. The minimum absolute atomic E-state index is 0.0776. The van der Waals surface area contributed by atoms with Gasteiger partial charge in [0.15, 0.2) is 11.7 Å². The van der Waals surface area contributed by atoms with Gasteiger partial charge in [0.25, 0.3) is 0 Å². The van der Waals surface area contributed by atoms with Gasteiger partial charge in [0.2, 0.25) is 5.91 Å². The summed E-state index contributed by atoms with van der Waals surface area (Å²) in [5, 5.41) is 1.45. The molecule has 0 fully saturated rings. The lowest BCUT2D eigenvalue weighted by molar-refractivity contribution is -0.156. The van der Waals surface area contributed by atoms with Crippen LogP contribution in [0.4, 0.5) is 13.2 Å². The maximum Gasteiger partial charge on any atom is 0.431 e. The quantitative estimate of drug-likeness (QED) is 0.566. The van der Waals surface area contributed by atoms with Gasteiger partial charge in [-0.1, -0.05) is 0 Å². The van der Waals surface area contributed by atoms with Gasteiger partial charge in [0.05, 0.1) is 6.61 Å². The Kier molecular flexibility index (Phi) is 3.54. The van der Waals surface area contributed by atoms with Crippen molar-refractivity contribution in [1.29, 1.82) is 0 Å². The second-order valence-electron chi connectivity index (χ2n) is 3.13. The second kappa shape index (κ2) is 4.56. The van der Waals surface area contributed by atoms with Crippen molar-refractivity contribution in [1.82, 2.24) is 5.32 Å². The molecule has 0 radical (unpaired) electrons. The van der Waals surface area contributed by atoms with Gasteiger partial charge in [-0.3, -0.25) is 14.4 Å². The molecule has 0 aromatic carbocycles. The molecule has 1 aliphatic rings. The molecule has 8 heteroatoms. The van der Waals surface area contributed by atoms with Crippen LogP contribution >= 0.6 is 0 Å². The Morgan fingerprint density at radius 2 is 2.06 bits per heavy atom. The summed E-state index contributed by atoms with van der Waals surface area (Å²) in [6.45, 7) is 1.37. The fourth-order valence-corrected chi connectivity index (χ4v) is 1.20. The van der Waals surface area contributed by atoms with Crippen LogP contribution in [0.25, 0.3) is 0 Å². The molecule has 1 aliphatic heterocycles. The third kappa shape index (κ3) is 2.83. The smallest absolute Gasteiger partial charge is 0.431 e. The first-order valence-electron chi connectivity index (χ1n) is 4.57. The molecule has 1 atom stereocenters. The van der Waals surface area contributed by atoms with Crippen molar-refractivity contribution in [2.45, 2.75) is 13.1 Å². The van der Waals surface area contributed by atoms with Gasteiger partial charge in [-0.05, 0) is 6.92 Å². The molecule has 0 spiro atoms. The molecule has 1 rings (SSSR count). The van der Waals surface area contributed by atoms with E-state index in [9.17, 15) is 27.6 Å². The topological polar surface area (TPSA) is 72.5 Å². The zero-order chi connectivity index (χ0) is 13.2. The molecule has 0 aromatic heterocycles. The number of allylic oxidation sites excluding steroid dienone is 2. The highest BCUT2D eigenvalue weighted by Gasteiger charge is 2.45. The van der Waals surface area contributed by atoms with Crippen LogP contribution in [0.15, 0.2) is 11.8 Å². The van der Waals surface area contributed by atoms with E-state index >= 15 is 0 Å². The lowest BCUT2D eigenvalue weighted by Gasteiger charge is -2.21. The number of carbonyl (C=O) groups excluding carboxylic acids is 3. The van der Waals surface area contributed by atoms with Crippen molar-refractivity contribution in [2.75, 3.05) is 6.61 Å². The van der Waals surface area contributed by atoms with E-state index in [1.54, 1.807) is 0 Å². The van der Waals surface area contributed by atoms with E-state index in [2.05, 4.69) is 4.74 Å². The lowest BCUT2D eigenvalue weighted by atomic mass is 9.98. The van der Waals surface area contributed by atoms with E-state index in [1.165, 1.54) is 12.2 Å². The number of hydrogen-bond acceptors (Lipinski definition) is 4. The van der Waals surface area contributed by atoms with Crippen molar-refractivity contribution in [3.63, 3.8) is 0 Å². The Morgan fingerprint density at radius 3 is 2.47 bits per heavy atom.